The van der Waals surface area contributed by atoms with Crippen molar-refractivity contribution >= 4 is 34.3 Å². The van der Waals surface area contributed by atoms with Gasteiger partial charge in [-0.2, -0.15) is 0 Å². The number of nitrogens with zero attached hydrogens (tertiary/aromatic N) is 2. The van der Waals surface area contributed by atoms with Crippen LogP contribution in [0.1, 0.15) is 29.2 Å². The van der Waals surface area contributed by atoms with Gasteiger partial charge in [0, 0.05) is 0 Å². The van der Waals surface area contributed by atoms with Gasteiger partial charge in [-0.3, -0.25) is 14.9 Å². The number of hydrogen-bond acceptors (Lipinski definition) is 7. The molecule has 0 radical (unpaired) electrons. The predicted molar refractivity (Wildman–Crippen MR) is 72.8 cm³/mol. The molecule has 1 aromatic heterocycles. The molecule has 0 aromatic carbocycles. The van der Waals surface area contributed by atoms with E-state index >= 15 is 0 Å². The second-order valence-corrected chi connectivity index (χ2v) is 5.90. The van der Waals surface area contributed by atoms with Gasteiger partial charge < -0.3 is 9.64 Å². The quantitative estimate of drug-likeness (QED) is 0.631. The van der Waals surface area contributed by atoms with Gasteiger partial charge in [0.05, 0.1) is 12.8 Å². The highest BCUT2D eigenvalue weighted by Gasteiger charge is 2.42. The van der Waals surface area contributed by atoms with E-state index in [-0.39, 0.29) is 18.4 Å². The van der Waals surface area contributed by atoms with Crippen LogP contribution in [0.3, 0.4) is 0 Å². The summed E-state index contributed by atoms with van der Waals surface area (Å²) in [5.41, 5.74) is -0.392. The number of nitrogens with one attached hydrogen (secondary N) is 1. The first-order valence-corrected chi connectivity index (χ1v) is 6.76. The number of aryl methyl sites for hydroxylation is 1. The molecule has 0 atom stereocenters. The fraction of sp³-hybridized carbons (Fsp3) is 0.500. The highest BCUT2D eigenvalue weighted by Crippen LogP contribution is 2.32. The van der Waals surface area contributed by atoms with Gasteiger partial charge in [0.2, 0.25) is 5.91 Å². The van der Waals surface area contributed by atoms with E-state index in [2.05, 4.69) is 15.0 Å². The van der Waals surface area contributed by atoms with Crippen LogP contribution in [0.2, 0.25) is 0 Å². The van der Waals surface area contributed by atoms with Crippen LogP contribution in [-0.4, -0.2) is 42.0 Å². The van der Waals surface area contributed by atoms with E-state index in [1.54, 1.807) is 25.7 Å². The molecule has 0 spiro atoms. The fourth-order valence-electron chi connectivity index (χ4n) is 1.87. The Hall–Kier alpha value is -1.96. The molecule has 1 aliphatic rings. The second-order valence-electron chi connectivity index (χ2n) is 4.93. The van der Waals surface area contributed by atoms with Crippen LogP contribution < -0.4 is 10.2 Å². The number of carbonyl (C=O) groups excluding carboxylic acids is 3. The normalized spacial score (nSPS) is 17.9. The van der Waals surface area contributed by atoms with E-state index in [0.29, 0.717) is 15.7 Å². The van der Waals surface area contributed by atoms with Crippen molar-refractivity contribution in [2.24, 2.45) is 0 Å². The number of methoxy groups -OCH3 is 1. The maximum absolute atomic E-state index is 11.9. The van der Waals surface area contributed by atoms with Crippen molar-refractivity contribution in [2.45, 2.75) is 26.3 Å². The average molecular weight is 297 g/mol. The minimum Gasteiger partial charge on any atom is -0.465 e. The SMILES string of the molecule is COC(=O)c1sc(N2CC(=O)NC(=O)C2(C)C)nc1C. The third kappa shape index (κ3) is 2.26. The van der Waals surface area contributed by atoms with E-state index in [1.807, 2.05) is 0 Å². The number of rotatable bonds is 2. The lowest BCUT2D eigenvalue weighted by Gasteiger charge is -2.39. The lowest BCUT2D eigenvalue weighted by Crippen LogP contribution is -2.64. The highest BCUT2D eigenvalue weighted by molar-refractivity contribution is 7.17. The Morgan fingerprint density at radius 3 is 2.70 bits per heavy atom. The summed E-state index contributed by atoms with van der Waals surface area (Å²) in [6, 6.07) is 0. The molecule has 1 aromatic rings. The van der Waals surface area contributed by atoms with Crippen LogP contribution in [0.5, 0.6) is 0 Å². The number of carbonyl (C=O) groups is 3. The summed E-state index contributed by atoms with van der Waals surface area (Å²) >= 11 is 1.11. The molecular formula is C12H15N3O4S. The summed E-state index contributed by atoms with van der Waals surface area (Å²) in [6.07, 6.45) is 0. The van der Waals surface area contributed by atoms with Crippen LogP contribution in [0.4, 0.5) is 5.13 Å². The zero-order valence-corrected chi connectivity index (χ0v) is 12.5. The van der Waals surface area contributed by atoms with E-state index in [4.69, 9.17) is 0 Å². The number of ether oxygens (including phenoxy) is 1. The Morgan fingerprint density at radius 1 is 1.45 bits per heavy atom. The van der Waals surface area contributed by atoms with Gasteiger partial charge in [-0.05, 0) is 20.8 Å². The molecule has 0 bridgehead atoms. The number of esters is 1. The van der Waals surface area contributed by atoms with E-state index in [0.717, 1.165) is 11.3 Å². The molecule has 1 fully saturated rings. The number of aromatic nitrogens is 1. The zero-order valence-electron chi connectivity index (χ0n) is 11.6. The van der Waals surface area contributed by atoms with Gasteiger partial charge in [0.25, 0.3) is 5.91 Å². The Morgan fingerprint density at radius 2 is 2.10 bits per heavy atom. The molecule has 1 saturated heterocycles. The summed E-state index contributed by atoms with van der Waals surface area (Å²) in [7, 11) is 1.29. The molecule has 1 aliphatic heterocycles. The number of imide groups is 1. The summed E-state index contributed by atoms with van der Waals surface area (Å²) in [4.78, 5) is 41.3. The van der Waals surface area contributed by atoms with E-state index in [1.165, 1.54) is 7.11 Å². The molecule has 8 heteroatoms. The first-order chi connectivity index (χ1) is 9.27. The fourth-order valence-corrected chi connectivity index (χ4v) is 3.00. The van der Waals surface area contributed by atoms with Crippen molar-refractivity contribution in [3.05, 3.63) is 10.6 Å². The molecule has 0 aliphatic carbocycles. The summed E-state index contributed by atoms with van der Waals surface area (Å²) in [6.45, 7) is 5.10. The van der Waals surface area contributed by atoms with Crippen molar-refractivity contribution in [3.8, 4) is 0 Å². The van der Waals surface area contributed by atoms with Gasteiger partial charge >= 0.3 is 5.97 Å². The first kappa shape index (κ1) is 14.4. The summed E-state index contributed by atoms with van der Waals surface area (Å²) in [5, 5.41) is 2.75. The van der Waals surface area contributed by atoms with Crippen LogP contribution in [0.15, 0.2) is 0 Å². The van der Waals surface area contributed by atoms with Crippen LogP contribution in [0, 0.1) is 6.92 Å². The van der Waals surface area contributed by atoms with Gasteiger partial charge in [-0.1, -0.05) is 11.3 Å². The van der Waals surface area contributed by atoms with Crippen molar-refractivity contribution in [1.29, 1.82) is 0 Å². The van der Waals surface area contributed by atoms with Crippen LogP contribution >= 0.6 is 11.3 Å². The molecule has 2 amide bonds. The van der Waals surface area contributed by atoms with Crippen molar-refractivity contribution in [1.82, 2.24) is 10.3 Å². The lowest BCUT2D eigenvalue weighted by molar-refractivity contribution is -0.135. The Kier molecular flexibility index (Phi) is 3.51. The van der Waals surface area contributed by atoms with Crippen LogP contribution in [0.25, 0.3) is 0 Å². The number of amides is 2. The van der Waals surface area contributed by atoms with Crippen molar-refractivity contribution < 1.29 is 19.1 Å². The third-order valence-electron chi connectivity index (χ3n) is 3.17. The molecular weight excluding hydrogens is 282 g/mol. The molecule has 1 N–H and O–H groups in total. The molecule has 7 nitrogen and oxygen atoms in total. The third-order valence-corrected chi connectivity index (χ3v) is 4.33. The van der Waals surface area contributed by atoms with Crippen molar-refractivity contribution in [3.63, 3.8) is 0 Å². The smallest absolute Gasteiger partial charge is 0.350 e. The predicted octanol–water partition coefficient (Wildman–Crippen LogP) is 0.480. The van der Waals surface area contributed by atoms with Crippen molar-refractivity contribution in [2.75, 3.05) is 18.6 Å². The lowest BCUT2D eigenvalue weighted by atomic mass is 10.00. The largest absolute Gasteiger partial charge is 0.465 e. The van der Waals surface area contributed by atoms with Gasteiger partial charge in [0.1, 0.15) is 17.0 Å². The topological polar surface area (TPSA) is 88.6 Å². The minimum atomic E-state index is -0.911. The maximum atomic E-state index is 11.9. The molecule has 0 saturated carbocycles. The summed E-state index contributed by atoms with van der Waals surface area (Å²) in [5.74, 6) is -1.25. The molecule has 108 valence electrons. The van der Waals surface area contributed by atoms with E-state index in [9.17, 15) is 14.4 Å². The summed E-state index contributed by atoms with van der Waals surface area (Å²) < 4.78 is 4.68. The molecule has 0 unspecified atom stereocenters. The minimum absolute atomic E-state index is 0.0201. The number of thiazole rings is 1. The molecule has 2 heterocycles. The van der Waals surface area contributed by atoms with Gasteiger partial charge in [-0.25, -0.2) is 9.78 Å². The van der Waals surface area contributed by atoms with E-state index < -0.39 is 11.5 Å². The molecule has 2 rings (SSSR count). The highest BCUT2D eigenvalue weighted by atomic mass is 32.1. The van der Waals surface area contributed by atoms with Gasteiger partial charge in [-0.15, -0.1) is 0 Å². The maximum Gasteiger partial charge on any atom is 0.350 e. The Balaban J connectivity index is 2.42. The zero-order chi connectivity index (χ0) is 15.1. The number of piperazine rings is 1. The van der Waals surface area contributed by atoms with Crippen LogP contribution in [-0.2, 0) is 14.3 Å². The first-order valence-electron chi connectivity index (χ1n) is 5.95. The molecule has 20 heavy (non-hydrogen) atoms. The van der Waals surface area contributed by atoms with Gasteiger partial charge in [0.15, 0.2) is 5.13 Å². The number of hydrogen-bond donors (Lipinski definition) is 1. The second kappa shape index (κ2) is 4.86. The Labute approximate surface area is 119 Å². The standard InChI is InChI=1S/C12H15N3O4S/c1-6-8(9(17)19-4)20-11(13-6)15-5-7(16)14-10(18)12(15,2)3/h5H2,1-4H3,(H,14,16,18). The average Bonchev–Trinajstić information content (AvgIpc) is 2.75. The number of anilines is 1. The monoisotopic (exact) mass is 297 g/mol. The Bertz CT molecular complexity index is 594.